The summed E-state index contributed by atoms with van der Waals surface area (Å²) in [4.78, 5) is 13.9. The van der Waals surface area contributed by atoms with Gasteiger partial charge in [0.1, 0.15) is 18.0 Å². The predicted molar refractivity (Wildman–Crippen MR) is 82.3 cm³/mol. The summed E-state index contributed by atoms with van der Waals surface area (Å²) in [5.41, 5.74) is 5.99. The lowest BCUT2D eigenvalue weighted by Gasteiger charge is -2.28. The molecule has 5 heteroatoms. The molecule has 116 valence electrons. The van der Waals surface area contributed by atoms with Crippen molar-refractivity contribution in [1.29, 1.82) is 0 Å². The number of benzene rings is 1. The Hall–Kier alpha value is -1.91. The van der Waals surface area contributed by atoms with Crippen LogP contribution >= 0.6 is 0 Å². The van der Waals surface area contributed by atoms with Crippen molar-refractivity contribution < 1.29 is 14.3 Å². The topological polar surface area (TPSA) is 64.8 Å². The summed E-state index contributed by atoms with van der Waals surface area (Å²) < 4.78 is 11.2. The maximum atomic E-state index is 12.2. The lowest BCUT2D eigenvalue weighted by atomic mass is 10.2. The highest BCUT2D eigenvalue weighted by atomic mass is 16.6. The summed E-state index contributed by atoms with van der Waals surface area (Å²) in [5.74, 6) is 0.661. The van der Waals surface area contributed by atoms with Crippen LogP contribution in [0.25, 0.3) is 0 Å². The van der Waals surface area contributed by atoms with E-state index in [0.29, 0.717) is 24.6 Å². The van der Waals surface area contributed by atoms with Gasteiger partial charge in [0.15, 0.2) is 0 Å². The van der Waals surface area contributed by atoms with E-state index in [2.05, 4.69) is 0 Å². The van der Waals surface area contributed by atoms with Crippen LogP contribution in [-0.4, -0.2) is 35.8 Å². The van der Waals surface area contributed by atoms with Crippen LogP contribution in [0.15, 0.2) is 24.3 Å². The van der Waals surface area contributed by atoms with Gasteiger partial charge in [-0.05, 0) is 45.7 Å². The first-order valence-corrected chi connectivity index (χ1v) is 7.34. The molecule has 0 bridgehead atoms. The molecule has 1 atom stereocenters. The molecule has 0 spiro atoms. The quantitative estimate of drug-likeness (QED) is 0.870. The summed E-state index contributed by atoms with van der Waals surface area (Å²) in [6.07, 6.45) is 1.62. The number of likely N-dealkylation sites (tertiary alicyclic amines) is 1. The summed E-state index contributed by atoms with van der Waals surface area (Å²) in [7, 11) is 0. The van der Waals surface area contributed by atoms with E-state index in [-0.39, 0.29) is 12.1 Å². The average molecular weight is 292 g/mol. The minimum atomic E-state index is -0.477. The van der Waals surface area contributed by atoms with Gasteiger partial charge in [-0.3, -0.25) is 0 Å². The molecule has 0 aliphatic carbocycles. The number of anilines is 1. The van der Waals surface area contributed by atoms with Crippen LogP contribution in [0.1, 0.15) is 33.6 Å². The minimum absolute atomic E-state index is 0.0412. The Balaban J connectivity index is 1.93. The summed E-state index contributed by atoms with van der Waals surface area (Å²) in [6.45, 7) is 6.77. The molecule has 5 nitrogen and oxygen atoms in total. The van der Waals surface area contributed by atoms with Gasteiger partial charge in [0, 0.05) is 6.54 Å². The van der Waals surface area contributed by atoms with Crippen LogP contribution in [0.2, 0.25) is 0 Å². The third-order valence-electron chi connectivity index (χ3n) is 3.36. The molecule has 1 aromatic carbocycles. The van der Waals surface area contributed by atoms with E-state index in [4.69, 9.17) is 15.2 Å². The smallest absolute Gasteiger partial charge is 0.410 e. The van der Waals surface area contributed by atoms with Gasteiger partial charge >= 0.3 is 6.09 Å². The highest BCUT2D eigenvalue weighted by molar-refractivity contribution is 5.69. The zero-order chi connectivity index (χ0) is 15.5. The number of ether oxygens (including phenoxy) is 2. The molecule has 0 radical (unpaired) electrons. The number of hydrogen-bond donors (Lipinski definition) is 1. The fourth-order valence-corrected chi connectivity index (χ4v) is 2.37. The van der Waals surface area contributed by atoms with Gasteiger partial charge in [0.2, 0.25) is 0 Å². The maximum Gasteiger partial charge on any atom is 0.410 e. The summed E-state index contributed by atoms with van der Waals surface area (Å²) in [5, 5.41) is 0. The van der Waals surface area contributed by atoms with Crippen molar-refractivity contribution in [3.8, 4) is 5.75 Å². The zero-order valence-corrected chi connectivity index (χ0v) is 13.0. The van der Waals surface area contributed by atoms with Crippen LogP contribution in [0, 0.1) is 0 Å². The largest absolute Gasteiger partial charge is 0.489 e. The molecule has 0 aromatic heterocycles. The van der Waals surface area contributed by atoms with Crippen LogP contribution < -0.4 is 10.5 Å². The molecule has 1 fully saturated rings. The van der Waals surface area contributed by atoms with Gasteiger partial charge in [0.25, 0.3) is 0 Å². The highest BCUT2D eigenvalue weighted by Gasteiger charge is 2.32. The van der Waals surface area contributed by atoms with Crippen molar-refractivity contribution in [3.63, 3.8) is 0 Å². The predicted octanol–water partition coefficient (Wildman–Crippen LogP) is 3.05. The fourth-order valence-electron chi connectivity index (χ4n) is 2.37. The van der Waals surface area contributed by atoms with E-state index in [1.54, 1.807) is 11.0 Å². The number of nitrogen functional groups attached to an aromatic ring is 1. The number of amides is 1. The molecule has 0 saturated carbocycles. The van der Waals surface area contributed by atoms with Crippen LogP contribution in [0.5, 0.6) is 5.75 Å². The van der Waals surface area contributed by atoms with Crippen LogP contribution in [-0.2, 0) is 4.74 Å². The second kappa shape index (κ2) is 6.24. The molecule has 1 aliphatic rings. The second-order valence-electron chi connectivity index (χ2n) is 6.32. The van der Waals surface area contributed by atoms with Crippen molar-refractivity contribution in [3.05, 3.63) is 24.3 Å². The molecule has 1 heterocycles. The van der Waals surface area contributed by atoms with Gasteiger partial charge in [-0.1, -0.05) is 12.1 Å². The van der Waals surface area contributed by atoms with E-state index in [1.165, 1.54) is 0 Å². The Kier molecular flexibility index (Phi) is 4.60. The second-order valence-corrected chi connectivity index (χ2v) is 6.32. The molecular weight excluding hydrogens is 268 g/mol. The Morgan fingerprint density at radius 2 is 2.10 bits per heavy atom. The van der Waals surface area contributed by atoms with Gasteiger partial charge in [-0.2, -0.15) is 0 Å². The number of hydrogen-bond acceptors (Lipinski definition) is 4. The van der Waals surface area contributed by atoms with Crippen molar-refractivity contribution in [2.24, 2.45) is 0 Å². The summed E-state index contributed by atoms with van der Waals surface area (Å²) >= 11 is 0. The number of rotatable bonds is 3. The van der Waals surface area contributed by atoms with Crippen molar-refractivity contribution >= 4 is 11.8 Å². The van der Waals surface area contributed by atoms with E-state index < -0.39 is 5.60 Å². The molecule has 1 amide bonds. The number of para-hydroxylation sites is 2. The van der Waals surface area contributed by atoms with Gasteiger partial charge in [-0.15, -0.1) is 0 Å². The minimum Gasteiger partial charge on any atom is -0.489 e. The number of nitrogens with two attached hydrogens (primary N) is 1. The third kappa shape index (κ3) is 4.28. The molecular formula is C16H24N2O3. The monoisotopic (exact) mass is 292 g/mol. The highest BCUT2D eigenvalue weighted by Crippen LogP contribution is 2.24. The zero-order valence-electron chi connectivity index (χ0n) is 13.0. The van der Waals surface area contributed by atoms with Gasteiger partial charge in [-0.25, -0.2) is 4.79 Å². The third-order valence-corrected chi connectivity index (χ3v) is 3.36. The van der Waals surface area contributed by atoms with Crippen LogP contribution in [0.4, 0.5) is 10.5 Å². The van der Waals surface area contributed by atoms with E-state index in [9.17, 15) is 4.79 Å². The van der Waals surface area contributed by atoms with Gasteiger partial charge < -0.3 is 20.1 Å². The van der Waals surface area contributed by atoms with E-state index in [1.807, 2.05) is 39.0 Å². The standard InChI is InChI=1S/C16H24N2O3/c1-16(2,3)21-15(19)18-10-6-7-12(18)11-20-14-9-5-4-8-13(14)17/h4-5,8-9,12H,6-7,10-11,17H2,1-3H3. The normalized spacial score (nSPS) is 18.6. The number of nitrogens with zero attached hydrogens (tertiary/aromatic N) is 1. The Morgan fingerprint density at radius 3 is 2.76 bits per heavy atom. The Bertz CT molecular complexity index is 497. The van der Waals surface area contributed by atoms with Crippen molar-refractivity contribution in [2.45, 2.75) is 45.3 Å². The molecule has 2 rings (SSSR count). The average Bonchev–Trinajstić information content (AvgIpc) is 2.84. The lowest BCUT2D eigenvalue weighted by molar-refractivity contribution is 0.0188. The molecule has 2 N–H and O–H groups in total. The summed E-state index contributed by atoms with van der Waals surface area (Å²) in [6, 6.07) is 7.42. The fraction of sp³-hybridized carbons (Fsp3) is 0.562. The lowest BCUT2D eigenvalue weighted by Crippen LogP contribution is -2.42. The number of carbonyl (C=O) groups is 1. The first-order chi connectivity index (χ1) is 9.87. The van der Waals surface area contributed by atoms with Crippen molar-refractivity contribution in [2.75, 3.05) is 18.9 Å². The Morgan fingerprint density at radius 1 is 1.38 bits per heavy atom. The number of carbonyl (C=O) groups excluding carboxylic acids is 1. The maximum absolute atomic E-state index is 12.2. The van der Waals surface area contributed by atoms with Gasteiger partial charge in [0.05, 0.1) is 11.7 Å². The van der Waals surface area contributed by atoms with Crippen molar-refractivity contribution in [1.82, 2.24) is 4.90 Å². The molecule has 1 saturated heterocycles. The SMILES string of the molecule is CC(C)(C)OC(=O)N1CCCC1COc1ccccc1N. The first kappa shape index (κ1) is 15.5. The molecule has 1 aromatic rings. The molecule has 1 aliphatic heterocycles. The van der Waals surface area contributed by atoms with Crippen LogP contribution in [0.3, 0.4) is 0 Å². The van der Waals surface area contributed by atoms with E-state index in [0.717, 1.165) is 12.8 Å². The first-order valence-electron chi connectivity index (χ1n) is 7.34. The molecule has 21 heavy (non-hydrogen) atoms. The molecule has 1 unspecified atom stereocenters. The Labute approximate surface area is 126 Å². The van der Waals surface area contributed by atoms with E-state index >= 15 is 0 Å².